The molecule has 1 heterocycles. The monoisotopic (exact) mass is 192 g/mol. The summed E-state index contributed by atoms with van der Waals surface area (Å²) in [6.07, 6.45) is 3.06. The van der Waals surface area contributed by atoms with Gasteiger partial charge in [-0.1, -0.05) is 19.9 Å². The van der Waals surface area contributed by atoms with Crippen molar-refractivity contribution in [3.8, 4) is 0 Å². The van der Waals surface area contributed by atoms with Crippen molar-refractivity contribution in [1.82, 2.24) is 9.88 Å². The van der Waals surface area contributed by atoms with E-state index in [-0.39, 0.29) is 0 Å². The molecule has 0 amide bonds. The van der Waals surface area contributed by atoms with Crippen LogP contribution in [0.5, 0.6) is 0 Å². The average molecular weight is 192 g/mol. The summed E-state index contributed by atoms with van der Waals surface area (Å²) in [6.45, 7) is 5.40. The fourth-order valence-electron chi connectivity index (χ4n) is 1.45. The highest BCUT2D eigenvalue weighted by atomic mass is 15.0. The highest BCUT2D eigenvalue weighted by molar-refractivity contribution is 5.14. The second-order valence-corrected chi connectivity index (χ2v) is 4.49. The molecule has 0 atom stereocenters. The van der Waals surface area contributed by atoms with Crippen molar-refractivity contribution < 1.29 is 0 Å². The van der Waals surface area contributed by atoms with E-state index in [1.54, 1.807) is 0 Å². The van der Waals surface area contributed by atoms with Gasteiger partial charge in [0.05, 0.1) is 0 Å². The van der Waals surface area contributed by atoms with Crippen LogP contribution in [0.15, 0.2) is 18.3 Å². The normalized spacial score (nSPS) is 11.3. The van der Waals surface area contributed by atoms with Crippen LogP contribution in [-0.4, -0.2) is 24.0 Å². The van der Waals surface area contributed by atoms with Crippen LogP contribution in [0.1, 0.15) is 25.1 Å². The topological polar surface area (TPSA) is 16.1 Å². The molecule has 0 aliphatic rings. The quantitative estimate of drug-likeness (QED) is 0.728. The van der Waals surface area contributed by atoms with Crippen LogP contribution in [-0.2, 0) is 13.0 Å². The lowest BCUT2D eigenvalue weighted by molar-refractivity contribution is 0.402. The van der Waals surface area contributed by atoms with Gasteiger partial charge >= 0.3 is 0 Å². The molecule has 78 valence electrons. The van der Waals surface area contributed by atoms with Gasteiger partial charge in [-0.3, -0.25) is 4.98 Å². The fraction of sp³-hybridized carbons (Fsp3) is 0.583. The highest BCUT2D eigenvalue weighted by Crippen LogP contribution is 2.07. The molecule has 0 aliphatic heterocycles. The summed E-state index contributed by atoms with van der Waals surface area (Å²) in [6, 6.07) is 4.31. The fourth-order valence-corrected chi connectivity index (χ4v) is 1.45. The van der Waals surface area contributed by atoms with E-state index in [0.717, 1.165) is 13.0 Å². The molecule has 0 aliphatic carbocycles. The van der Waals surface area contributed by atoms with E-state index in [0.29, 0.717) is 5.92 Å². The maximum absolute atomic E-state index is 4.45. The minimum absolute atomic E-state index is 0.683. The molecule has 1 aromatic rings. The molecule has 0 N–H and O–H groups in total. The van der Waals surface area contributed by atoms with Crippen molar-refractivity contribution in [2.24, 2.45) is 5.92 Å². The predicted molar refractivity (Wildman–Crippen MR) is 60.2 cm³/mol. The van der Waals surface area contributed by atoms with Crippen LogP contribution in [0.4, 0.5) is 0 Å². The molecule has 1 aromatic heterocycles. The molecular weight excluding hydrogens is 172 g/mol. The van der Waals surface area contributed by atoms with Gasteiger partial charge < -0.3 is 4.90 Å². The minimum atomic E-state index is 0.683. The van der Waals surface area contributed by atoms with Gasteiger partial charge in [0.15, 0.2) is 0 Å². The first-order valence-corrected chi connectivity index (χ1v) is 5.16. The Hall–Kier alpha value is -0.890. The van der Waals surface area contributed by atoms with Crippen LogP contribution >= 0.6 is 0 Å². The lowest BCUT2D eigenvalue weighted by atomic mass is 10.1. The van der Waals surface area contributed by atoms with Gasteiger partial charge in [-0.05, 0) is 38.1 Å². The SMILES string of the molecule is CC(C)Cc1ccc(CN(C)C)cn1. The van der Waals surface area contributed by atoms with Crippen molar-refractivity contribution in [2.75, 3.05) is 14.1 Å². The highest BCUT2D eigenvalue weighted by Gasteiger charge is 2.00. The Morgan fingerprint density at radius 1 is 1.29 bits per heavy atom. The number of nitrogens with zero attached hydrogens (tertiary/aromatic N) is 2. The summed E-state index contributed by atoms with van der Waals surface area (Å²) in [5.41, 5.74) is 2.48. The molecule has 0 radical (unpaired) electrons. The number of pyridine rings is 1. The van der Waals surface area contributed by atoms with E-state index >= 15 is 0 Å². The van der Waals surface area contributed by atoms with E-state index in [9.17, 15) is 0 Å². The summed E-state index contributed by atoms with van der Waals surface area (Å²) in [4.78, 5) is 6.60. The van der Waals surface area contributed by atoms with Gasteiger partial charge in [0.25, 0.3) is 0 Å². The van der Waals surface area contributed by atoms with E-state index in [2.05, 4.69) is 50.0 Å². The first-order valence-electron chi connectivity index (χ1n) is 5.16. The Kier molecular flexibility index (Phi) is 4.08. The maximum atomic E-state index is 4.45. The van der Waals surface area contributed by atoms with Gasteiger partial charge in [0, 0.05) is 18.4 Å². The number of hydrogen-bond donors (Lipinski definition) is 0. The molecule has 0 fully saturated rings. The third-order valence-electron chi connectivity index (χ3n) is 2.00. The van der Waals surface area contributed by atoms with Gasteiger partial charge in [0.2, 0.25) is 0 Å². The van der Waals surface area contributed by atoms with E-state index in [4.69, 9.17) is 0 Å². The third kappa shape index (κ3) is 3.88. The van der Waals surface area contributed by atoms with Crippen LogP contribution in [0.25, 0.3) is 0 Å². The minimum Gasteiger partial charge on any atom is -0.305 e. The zero-order valence-corrected chi connectivity index (χ0v) is 9.62. The largest absolute Gasteiger partial charge is 0.305 e. The summed E-state index contributed by atoms with van der Waals surface area (Å²) in [5.74, 6) is 0.683. The van der Waals surface area contributed by atoms with Gasteiger partial charge in [-0.15, -0.1) is 0 Å². The predicted octanol–water partition coefficient (Wildman–Crippen LogP) is 2.34. The van der Waals surface area contributed by atoms with E-state index in [1.165, 1.54) is 11.3 Å². The van der Waals surface area contributed by atoms with E-state index in [1.807, 2.05) is 6.20 Å². The van der Waals surface area contributed by atoms with Gasteiger partial charge in [-0.2, -0.15) is 0 Å². The third-order valence-corrected chi connectivity index (χ3v) is 2.00. The number of aromatic nitrogens is 1. The summed E-state index contributed by atoms with van der Waals surface area (Å²) in [7, 11) is 4.14. The maximum Gasteiger partial charge on any atom is 0.0406 e. The smallest absolute Gasteiger partial charge is 0.0406 e. The average Bonchev–Trinajstić information content (AvgIpc) is 2.06. The molecular formula is C12H20N2. The summed E-state index contributed by atoms with van der Waals surface area (Å²) in [5, 5.41) is 0. The van der Waals surface area contributed by atoms with Crippen molar-refractivity contribution in [2.45, 2.75) is 26.8 Å². The molecule has 0 aromatic carbocycles. The number of hydrogen-bond acceptors (Lipinski definition) is 2. The molecule has 0 unspecified atom stereocenters. The lowest BCUT2D eigenvalue weighted by Crippen LogP contribution is -2.11. The van der Waals surface area contributed by atoms with Crippen LogP contribution in [0, 0.1) is 5.92 Å². The lowest BCUT2D eigenvalue weighted by Gasteiger charge is -2.10. The van der Waals surface area contributed by atoms with Crippen molar-refractivity contribution in [3.05, 3.63) is 29.6 Å². The Bertz CT molecular complexity index is 233. The second kappa shape index (κ2) is 5.11. The van der Waals surface area contributed by atoms with Crippen LogP contribution < -0.4 is 0 Å². The molecule has 14 heavy (non-hydrogen) atoms. The zero-order chi connectivity index (χ0) is 10.6. The zero-order valence-electron chi connectivity index (χ0n) is 9.62. The van der Waals surface area contributed by atoms with E-state index < -0.39 is 0 Å². The summed E-state index contributed by atoms with van der Waals surface area (Å²) >= 11 is 0. The Labute approximate surface area is 87.0 Å². The Morgan fingerprint density at radius 2 is 2.00 bits per heavy atom. The molecule has 2 heteroatoms. The van der Waals surface area contributed by atoms with Crippen LogP contribution in [0.3, 0.4) is 0 Å². The first kappa shape index (κ1) is 11.2. The standard InChI is InChI=1S/C12H20N2/c1-10(2)7-12-6-5-11(8-13-12)9-14(3)4/h5-6,8,10H,7,9H2,1-4H3. The molecule has 0 bridgehead atoms. The Morgan fingerprint density at radius 3 is 2.43 bits per heavy atom. The van der Waals surface area contributed by atoms with Crippen molar-refractivity contribution >= 4 is 0 Å². The summed E-state index contributed by atoms with van der Waals surface area (Å²) < 4.78 is 0. The van der Waals surface area contributed by atoms with Crippen molar-refractivity contribution in [3.63, 3.8) is 0 Å². The molecule has 1 rings (SSSR count). The Balaban J connectivity index is 2.59. The number of rotatable bonds is 4. The van der Waals surface area contributed by atoms with Crippen molar-refractivity contribution in [1.29, 1.82) is 0 Å². The second-order valence-electron chi connectivity index (χ2n) is 4.49. The van der Waals surface area contributed by atoms with Gasteiger partial charge in [0.1, 0.15) is 0 Å². The van der Waals surface area contributed by atoms with Gasteiger partial charge in [-0.25, -0.2) is 0 Å². The molecule has 0 saturated carbocycles. The molecule has 2 nitrogen and oxygen atoms in total. The molecule has 0 spiro atoms. The first-order chi connectivity index (χ1) is 6.58. The molecule has 0 saturated heterocycles. The van der Waals surface area contributed by atoms with Crippen LogP contribution in [0.2, 0.25) is 0 Å².